The van der Waals surface area contributed by atoms with E-state index in [9.17, 15) is 19.7 Å². The minimum absolute atomic E-state index is 0.0716. The number of piperidine rings is 1. The van der Waals surface area contributed by atoms with Crippen molar-refractivity contribution in [3.63, 3.8) is 0 Å². The fourth-order valence-corrected chi connectivity index (χ4v) is 3.95. The first-order valence-corrected chi connectivity index (χ1v) is 11.1. The van der Waals surface area contributed by atoms with Crippen LogP contribution in [0.2, 0.25) is 0 Å². The first-order valence-electron chi connectivity index (χ1n) is 11.1. The predicted octanol–water partition coefficient (Wildman–Crippen LogP) is 4.57. The average Bonchev–Trinajstić information content (AvgIpc) is 2.80. The molecule has 1 saturated heterocycles. The molecule has 0 atom stereocenters. The molecule has 3 rings (SSSR count). The quantitative estimate of drug-likeness (QED) is 0.505. The van der Waals surface area contributed by atoms with Crippen molar-refractivity contribution in [2.24, 2.45) is 5.92 Å². The van der Waals surface area contributed by atoms with E-state index in [-0.39, 0.29) is 17.2 Å². The lowest BCUT2D eigenvalue weighted by Crippen LogP contribution is -2.33. The molecule has 2 amide bonds. The molecule has 1 heterocycles. The Balaban J connectivity index is 1.79. The number of nitrogens with one attached hydrogen (secondary N) is 1. The molecule has 32 heavy (non-hydrogen) atoms. The number of benzene rings is 2. The summed E-state index contributed by atoms with van der Waals surface area (Å²) in [5, 5.41) is 14.5. The summed E-state index contributed by atoms with van der Waals surface area (Å²) in [6.45, 7) is 8.73. The van der Waals surface area contributed by atoms with Gasteiger partial charge in [-0.15, -0.1) is 0 Å². The Hall–Kier alpha value is -3.42. The van der Waals surface area contributed by atoms with Gasteiger partial charge in [0.25, 0.3) is 17.5 Å². The molecule has 8 heteroatoms. The van der Waals surface area contributed by atoms with Crippen molar-refractivity contribution in [1.29, 1.82) is 0 Å². The molecule has 0 radical (unpaired) electrons. The summed E-state index contributed by atoms with van der Waals surface area (Å²) in [6, 6.07) is 11.3. The molecule has 8 nitrogen and oxygen atoms in total. The summed E-state index contributed by atoms with van der Waals surface area (Å²) in [5.41, 5.74) is 1.62. The Morgan fingerprint density at radius 1 is 1.09 bits per heavy atom. The molecule has 2 aromatic rings. The van der Waals surface area contributed by atoms with Gasteiger partial charge in [-0.2, -0.15) is 0 Å². The molecule has 0 spiro atoms. The highest BCUT2D eigenvalue weighted by atomic mass is 16.6. The first kappa shape index (κ1) is 23.2. The molecular formula is C24H30N4O4. The van der Waals surface area contributed by atoms with E-state index in [1.165, 1.54) is 6.07 Å². The molecule has 2 aromatic carbocycles. The highest BCUT2D eigenvalue weighted by molar-refractivity contribution is 6.06. The highest BCUT2D eigenvalue weighted by Gasteiger charge is 2.25. The number of carbonyl (C=O) groups excluding carboxylic acids is 2. The number of nitrogens with zero attached hydrogens (tertiary/aromatic N) is 3. The van der Waals surface area contributed by atoms with Gasteiger partial charge in [0.05, 0.1) is 4.92 Å². The van der Waals surface area contributed by atoms with E-state index in [4.69, 9.17) is 0 Å². The minimum atomic E-state index is -0.459. The fraction of sp³-hybridized carbons (Fsp3) is 0.417. The minimum Gasteiger partial charge on any atom is -0.366 e. The van der Waals surface area contributed by atoms with E-state index < -0.39 is 10.8 Å². The second-order valence-electron chi connectivity index (χ2n) is 8.14. The van der Waals surface area contributed by atoms with Gasteiger partial charge in [-0.3, -0.25) is 19.7 Å². The lowest BCUT2D eigenvalue weighted by molar-refractivity contribution is -0.384. The molecule has 1 fully saturated rings. The van der Waals surface area contributed by atoms with Crippen LogP contribution in [0.5, 0.6) is 0 Å². The van der Waals surface area contributed by atoms with Crippen LogP contribution < -0.4 is 10.2 Å². The van der Waals surface area contributed by atoms with Gasteiger partial charge in [0.15, 0.2) is 0 Å². The zero-order valence-electron chi connectivity index (χ0n) is 18.8. The summed E-state index contributed by atoms with van der Waals surface area (Å²) >= 11 is 0. The van der Waals surface area contributed by atoms with Crippen LogP contribution in [-0.4, -0.2) is 47.8 Å². The normalized spacial score (nSPS) is 14.2. The van der Waals surface area contributed by atoms with Crippen LogP contribution in [0.25, 0.3) is 0 Å². The number of anilines is 2. The van der Waals surface area contributed by atoms with Crippen LogP contribution in [0.3, 0.4) is 0 Å². The second kappa shape index (κ2) is 10.3. The van der Waals surface area contributed by atoms with Gasteiger partial charge in [-0.25, -0.2) is 0 Å². The first-order chi connectivity index (χ1) is 15.3. The van der Waals surface area contributed by atoms with Crippen molar-refractivity contribution in [3.8, 4) is 0 Å². The van der Waals surface area contributed by atoms with Crippen molar-refractivity contribution in [2.75, 3.05) is 36.4 Å². The van der Waals surface area contributed by atoms with Crippen LogP contribution in [-0.2, 0) is 0 Å². The second-order valence-corrected chi connectivity index (χ2v) is 8.14. The number of amides is 2. The molecular weight excluding hydrogens is 408 g/mol. The van der Waals surface area contributed by atoms with Crippen LogP contribution in [0, 0.1) is 16.0 Å². The van der Waals surface area contributed by atoms with Crippen molar-refractivity contribution in [3.05, 3.63) is 63.7 Å². The molecule has 0 saturated carbocycles. The lowest BCUT2D eigenvalue weighted by atomic mass is 9.98. The van der Waals surface area contributed by atoms with E-state index in [1.54, 1.807) is 41.3 Å². The maximum absolute atomic E-state index is 12.8. The Bertz CT molecular complexity index is 995. The van der Waals surface area contributed by atoms with E-state index in [1.807, 2.05) is 18.7 Å². The Kier molecular flexibility index (Phi) is 7.45. The van der Waals surface area contributed by atoms with Gasteiger partial charge in [-0.1, -0.05) is 13.0 Å². The molecule has 0 bridgehead atoms. The molecule has 1 aliphatic heterocycles. The third-order valence-corrected chi connectivity index (χ3v) is 5.98. The van der Waals surface area contributed by atoms with Gasteiger partial charge in [0.2, 0.25) is 0 Å². The van der Waals surface area contributed by atoms with Gasteiger partial charge in [-0.05, 0) is 62.9 Å². The summed E-state index contributed by atoms with van der Waals surface area (Å²) < 4.78 is 0. The smallest absolute Gasteiger partial charge is 0.293 e. The maximum atomic E-state index is 12.8. The predicted molar refractivity (Wildman–Crippen MR) is 125 cm³/mol. The van der Waals surface area contributed by atoms with Crippen LogP contribution in [0.4, 0.5) is 17.1 Å². The maximum Gasteiger partial charge on any atom is 0.293 e. The number of nitro groups is 1. The highest BCUT2D eigenvalue weighted by Crippen LogP contribution is 2.32. The zero-order valence-corrected chi connectivity index (χ0v) is 18.8. The van der Waals surface area contributed by atoms with E-state index in [0.29, 0.717) is 35.9 Å². The zero-order chi connectivity index (χ0) is 23.3. The number of carbonyl (C=O) groups is 2. The summed E-state index contributed by atoms with van der Waals surface area (Å²) in [5.74, 6) is 0.0426. The Morgan fingerprint density at radius 2 is 1.78 bits per heavy atom. The molecule has 170 valence electrons. The van der Waals surface area contributed by atoms with E-state index in [0.717, 1.165) is 25.9 Å². The molecule has 1 N–H and O–H groups in total. The largest absolute Gasteiger partial charge is 0.366 e. The topological polar surface area (TPSA) is 95.8 Å². The monoisotopic (exact) mass is 438 g/mol. The molecule has 1 aliphatic rings. The van der Waals surface area contributed by atoms with Crippen LogP contribution >= 0.6 is 0 Å². The van der Waals surface area contributed by atoms with Gasteiger partial charge in [0.1, 0.15) is 5.69 Å². The van der Waals surface area contributed by atoms with Gasteiger partial charge >= 0.3 is 0 Å². The summed E-state index contributed by atoms with van der Waals surface area (Å²) in [4.78, 5) is 40.4. The van der Waals surface area contributed by atoms with Crippen molar-refractivity contribution in [2.45, 2.75) is 33.6 Å². The lowest BCUT2D eigenvalue weighted by Gasteiger charge is -2.31. The van der Waals surface area contributed by atoms with Crippen LogP contribution in [0.1, 0.15) is 54.3 Å². The standard InChI is InChI=1S/C24H30N4O4/c1-4-26(5-2)24(30)19-7-6-8-20(15-19)25-23(29)18-9-10-21(22(16-18)28(31)32)27-13-11-17(3)12-14-27/h6-10,15-17H,4-5,11-14H2,1-3H3,(H,25,29). The molecule has 0 aromatic heterocycles. The summed E-state index contributed by atoms with van der Waals surface area (Å²) in [6.07, 6.45) is 1.98. The van der Waals surface area contributed by atoms with Gasteiger partial charge < -0.3 is 15.1 Å². The molecule has 0 unspecified atom stereocenters. The number of rotatable bonds is 7. The third-order valence-electron chi connectivity index (χ3n) is 5.98. The number of hydrogen-bond acceptors (Lipinski definition) is 5. The Labute approximate surface area is 188 Å². The third kappa shape index (κ3) is 5.25. The number of nitro benzene ring substituents is 1. The van der Waals surface area contributed by atoms with Gasteiger partial charge in [0, 0.05) is 49.1 Å². The van der Waals surface area contributed by atoms with Crippen molar-refractivity contribution in [1.82, 2.24) is 4.90 Å². The SMILES string of the molecule is CCN(CC)C(=O)c1cccc(NC(=O)c2ccc(N3CCC(C)CC3)c([N+](=O)[O-])c2)c1. The van der Waals surface area contributed by atoms with Crippen LogP contribution in [0.15, 0.2) is 42.5 Å². The number of hydrogen-bond donors (Lipinski definition) is 1. The van der Waals surface area contributed by atoms with Crippen molar-refractivity contribution < 1.29 is 14.5 Å². The molecule has 0 aliphatic carbocycles. The van der Waals surface area contributed by atoms with E-state index in [2.05, 4.69) is 12.2 Å². The average molecular weight is 439 g/mol. The van der Waals surface area contributed by atoms with Crippen molar-refractivity contribution >= 4 is 28.9 Å². The van der Waals surface area contributed by atoms with E-state index >= 15 is 0 Å². The fourth-order valence-electron chi connectivity index (χ4n) is 3.95. The summed E-state index contributed by atoms with van der Waals surface area (Å²) in [7, 11) is 0. The Morgan fingerprint density at radius 3 is 2.41 bits per heavy atom.